The summed E-state index contributed by atoms with van der Waals surface area (Å²) in [5, 5.41) is 1.24. The van der Waals surface area contributed by atoms with Crippen molar-refractivity contribution in [3.8, 4) is 17.4 Å². The van der Waals surface area contributed by atoms with Crippen LogP contribution in [0.3, 0.4) is 0 Å². The highest BCUT2D eigenvalue weighted by atomic mass is 35.5. The largest absolute Gasteiger partial charge is 0.401 e. The molecule has 0 unspecified atom stereocenters. The van der Waals surface area contributed by atoms with Crippen LogP contribution in [0, 0.1) is 6.92 Å². The van der Waals surface area contributed by atoms with E-state index < -0.39 is 5.63 Å². The van der Waals surface area contributed by atoms with E-state index >= 15 is 0 Å². The minimum atomic E-state index is -0.504. The van der Waals surface area contributed by atoms with Crippen molar-refractivity contribution < 1.29 is 4.42 Å². The van der Waals surface area contributed by atoms with Crippen LogP contribution in [0.25, 0.3) is 28.3 Å². The van der Waals surface area contributed by atoms with Gasteiger partial charge in [-0.05, 0) is 48.9 Å². The topological polar surface area (TPSA) is 60.9 Å². The van der Waals surface area contributed by atoms with Crippen LogP contribution in [0.1, 0.15) is 5.56 Å². The van der Waals surface area contributed by atoms with Crippen LogP contribution < -0.4 is 5.63 Å². The quantitative estimate of drug-likeness (QED) is 0.514. The molecule has 0 N–H and O–H groups in total. The molecule has 4 rings (SSSR count). The molecule has 0 bridgehead atoms. The molecule has 1 aromatic carbocycles. The molecular formula is C18H11Cl2N3O2. The van der Waals surface area contributed by atoms with Crippen LogP contribution in [0.15, 0.2) is 57.9 Å². The number of rotatable bonds is 2. The predicted molar refractivity (Wildman–Crippen MR) is 97.6 cm³/mol. The molecule has 25 heavy (non-hydrogen) atoms. The molecule has 0 amide bonds. The van der Waals surface area contributed by atoms with Crippen molar-refractivity contribution in [1.82, 2.24) is 14.5 Å². The smallest absolute Gasteiger partial charge is 0.347 e. The normalized spacial score (nSPS) is 11.2. The van der Waals surface area contributed by atoms with E-state index in [9.17, 15) is 4.79 Å². The van der Waals surface area contributed by atoms with Crippen LogP contribution >= 0.6 is 23.2 Å². The molecule has 0 saturated heterocycles. The maximum atomic E-state index is 12.4. The summed E-state index contributed by atoms with van der Waals surface area (Å²) in [6, 6.07) is 12.2. The van der Waals surface area contributed by atoms with Crippen LogP contribution in [0.5, 0.6) is 0 Å². The second-order valence-corrected chi connectivity index (χ2v) is 6.31. The molecule has 5 nitrogen and oxygen atoms in total. The van der Waals surface area contributed by atoms with Gasteiger partial charge >= 0.3 is 5.63 Å². The van der Waals surface area contributed by atoms with E-state index in [1.165, 1.54) is 0 Å². The Balaban J connectivity index is 2.00. The van der Waals surface area contributed by atoms with Gasteiger partial charge in [-0.25, -0.2) is 14.8 Å². The lowest BCUT2D eigenvalue weighted by Gasteiger charge is -2.09. The number of hydrogen-bond donors (Lipinski definition) is 0. The summed E-state index contributed by atoms with van der Waals surface area (Å²) in [5.41, 5.74) is 1.37. The molecule has 0 radical (unpaired) electrons. The fourth-order valence-electron chi connectivity index (χ4n) is 2.71. The molecule has 0 atom stereocenters. The molecule has 0 spiro atoms. The number of halogens is 2. The Kier molecular flexibility index (Phi) is 3.82. The fourth-order valence-corrected chi connectivity index (χ4v) is 3.23. The van der Waals surface area contributed by atoms with Gasteiger partial charge in [0.05, 0.1) is 10.9 Å². The van der Waals surface area contributed by atoms with E-state index in [0.717, 1.165) is 5.56 Å². The van der Waals surface area contributed by atoms with Crippen molar-refractivity contribution in [1.29, 1.82) is 0 Å². The molecule has 0 aliphatic heterocycles. The Bertz CT molecular complexity index is 1150. The zero-order chi connectivity index (χ0) is 17.6. The van der Waals surface area contributed by atoms with E-state index in [4.69, 9.17) is 27.6 Å². The average molecular weight is 372 g/mol. The van der Waals surface area contributed by atoms with Gasteiger partial charge < -0.3 is 4.42 Å². The lowest BCUT2D eigenvalue weighted by Crippen LogP contribution is -2.07. The highest BCUT2D eigenvalue weighted by molar-refractivity contribution is 6.31. The first-order valence-corrected chi connectivity index (χ1v) is 8.20. The Morgan fingerprint density at radius 3 is 2.72 bits per heavy atom. The summed E-state index contributed by atoms with van der Waals surface area (Å²) in [6.45, 7) is 1.84. The Labute approximate surface area is 152 Å². The molecule has 0 fully saturated rings. The Hall–Kier alpha value is -2.63. The monoisotopic (exact) mass is 371 g/mol. The summed E-state index contributed by atoms with van der Waals surface area (Å²) in [4.78, 5) is 21.2. The number of aryl methyl sites for hydroxylation is 1. The van der Waals surface area contributed by atoms with E-state index in [-0.39, 0.29) is 5.89 Å². The highest BCUT2D eigenvalue weighted by Gasteiger charge is 2.17. The standard InChI is InChI=1S/C18H11Cl2N3O2/c1-10-8-11(19)9-12-16(10)22-17(25-18(12)24)13-5-6-14(20)23(13)15-4-2-3-7-21-15/h2-9H,1H3. The summed E-state index contributed by atoms with van der Waals surface area (Å²) < 4.78 is 7.10. The number of aromatic nitrogens is 3. The van der Waals surface area contributed by atoms with Gasteiger partial charge in [-0.15, -0.1) is 0 Å². The second kappa shape index (κ2) is 6.02. The van der Waals surface area contributed by atoms with E-state index in [1.54, 1.807) is 41.1 Å². The third-order valence-corrected chi connectivity index (χ3v) is 4.33. The Morgan fingerprint density at radius 1 is 1.12 bits per heavy atom. The van der Waals surface area contributed by atoms with Crippen LogP contribution in [0.4, 0.5) is 0 Å². The van der Waals surface area contributed by atoms with Crippen molar-refractivity contribution in [2.75, 3.05) is 0 Å². The molecule has 0 saturated carbocycles. The van der Waals surface area contributed by atoms with Gasteiger partial charge in [0.1, 0.15) is 16.7 Å². The van der Waals surface area contributed by atoms with Crippen molar-refractivity contribution in [3.63, 3.8) is 0 Å². The van der Waals surface area contributed by atoms with Crippen molar-refractivity contribution >= 4 is 34.1 Å². The number of nitrogens with zero attached hydrogens (tertiary/aromatic N) is 3. The third-order valence-electron chi connectivity index (χ3n) is 3.82. The number of benzene rings is 1. The molecule has 7 heteroatoms. The minimum absolute atomic E-state index is 0.167. The van der Waals surface area contributed by atoms with Crippen LogP contribution in [0.2, 0.25) is 10.2 Å². The highest BCUT2D eigenvalue weighted by Crippen LogP contribution is 2.28. The Morgan fingerprint density at radius 2 is 1.96 bits per heavy atom. The fraction of sp³-hybridized carbons (Fsp3) is 0.0556. The lowest BCUT2D eigenvalue weighted by molar-refractivity contribution is 0.514. The third kappa shape index (κ3) is 2.71. The first kappa shape index (κ1) is 15.9. The van der Waals surface area contributed by atoms with Crippen LogP contribution in [-0.4, -0.2) is 14.5 Å². The second-order valence-electron chi connectivity index (χ2n) is 5.49. The summed E-state index contributed by atoms with van der Waals surface area (Å²) >= 11 is 12.3. The summed E-state index contributed by atoms with van der Waals surface area (Å²) in [7, 11) is 0. The SMILES string of the molecule is Cc1cc(Cl)cc2c(=O)oc(-c3ccc(Cl)n3-c3ccccn3)nc12. The van der Waals surface area contributed by atoms with Crippen LogP contribution in [-0.2, 0) is 0 Å². The summed E-state index contributed by atoms with van der Waals surface area (Å²) in [6.07, 6.45) is 1.66. The first-order valence-electron chi connectivity index (χ1n) is 7.44. The molecule has 124 valence electrons. The van der Waals surface area contributed by atoms with Gasteiger partial charge in [0.15, 0.2) is 0 Å². The minimum Gasteiger partial charge on any atom is -0.401 e. The number of pyridine rings is 1. The van der Waals surface area contributed by atoms with Gasteiger partial charge in [0, 0.05) is 11.2 Å². The number of fused-ring (bicyclic) bond motifs is 1. The maximum absolute atomic E-state index is 12.4. The average Bonchev–Trinajstić information content (AvgIpc) is 2.98. The molecular weight excluding hydrogens is 361 g/mol. The van der Waals surface area contributed by atoms with Crippen molar-refractivity contribution in [3.05, 3.63) is 74.8 Å². The zero-order valence-corrected chi connectivity index (χ0v) is 14.5. The van der Waals surface area contributed by atoms with Gasteiger partial charge in [-0.3, -0.25) is 4.57 Å². The van der Waals surface area contributed by atoms with E-state index in [2.05, 4.69) is 9.97 Å². The lowest BCUT2D eigenvalue weighted by atomic mass is 10.1. The van der Waals surface area contributed by atoms with Crippen molar-refractivity contribution in [2.24, 2.45) is 0 Å². The van der Waals surface area contributed by atoms with Gasteiger partial charge in [0.25, 0.3) is 0 Å². The number of hydrogen-bond acceptors (Lipinski definition) is 4. The molecule has 0 aliphatic rings. The van der Waals surface area contributed by atoms with Gasteiger partial charge in [-0.2, -0.15) is 0 Å². The summed E-state index contributed by atoms with van der Waals surface area (Å²) in [5.74, 6) is 0.769. The van der Waals surface area contributed by atoms with Gasteiger partial charge in [-0.1, -0.05) is 29.3 Å². The molecule has 0 aliphatic carbocycles. The van der Waals surface area contributed by atoms with Gasteiger partial charge in [0.2, 0.25) is 5.89 Å². The van der Waals surface area contributed by atoms with E-state index in [1.807, 2.05) is 19.1 Å². The predicted octanol–water partition coefficient (Wildman–Crippen LogP) is 4.66. The van der Waals surface area contributed by atoms with Crippen molar-refractivity contribution in [2.45, 2.75) is 6.92 Å². The molecule has 4 aromatic rings. The first-order chi connectivity index (χ1) is 12.0. The molecule has 3 aromatic heterocycles. The maximum Gasteiger partial charge on any atom is 0.347 e. The molecule has 3 heterocycles. The zero-order valence-electron chi connectivity index (χ0n) is 13.0. The van der Waals surface area contributed by atoms with E-state index in [0.29, 0.717) is 32.6 Å².